The Morgan fingerprint density at radius 1 is 0.562 bits per heavy atom. The molecule has 0 radical (unpaired) electrons. The summed E-state index contributed by atoms with van der Waals surface area (Å²) in [6, 6.07) is -8.61. The minimum absolute atomic E-state index is 0.00188. The number of hydrogen-bond donors (Lipinski definition) is 16. The Morgan fingerprint density at radius 3 is 1.61 bits per heavy atom. The van der Waals surface area contributed by atoms with Crippen molar-refractivity contribution in [1.29, 1.82) is 0 Å². The monoisotopic (exact) mass is 1500 g/mol. The number of amides is 12. The number of sulfonamides is 1. The molecule has 0 saturated carbocycles. The number of aliphatic hydroxyl groups excluding tert-OH is 1. The number of carboxylic acids is 3. The van der Waals surface area contributed by atoms with Gasteiger partial charge in [0.2, 0.25) is 80.9 Å². The highest BCUT2D eigenvalue weighted by molar-refractivity contribution is 7.89. The molecule has 0 spiro atoms. The average Bonchev–Trinajstić information content (AvgIpc) is 1.16. The van der Waals surface area contributed by atoms with Crippen LogP contribution >= 0.6 is 0 Å². The second-order valence-corrected chi connectivity index (χ2v) is 29.0. The van der Waals surface area contributed by atoms with E-state index in [0.717, 1.165) is 48.8 Å². The van der Waals surface area contributed by atoms with Gasteiger partial charge in [-0.2, -0.15) is 0 Å². The number of nitrogens with zero attached hydrogens (tertiary/aromatic N) is 2. The van der Waals surface area contributed by atoms with Crippen LogP contribution in [0.3, 0.4) is 0 Å². The number of carboxylic acid groups (broad SMARTS) is 3. The molecule has 9 unspecified atom stereocenters. The third kappa shape index (κ3) is 28.9. The number of H-pyrrole nitrogens is 1. The van der Waals surface area contributed by atoms with Crippen molar-refractivity contribution < 1.29 is 101 Å². The molecule has 3 fully saturated rings. The first-order valence-electron chi connectivity index (χ1n) is 36.3. The molecule has 5 rings (SSSR count). The van der Waals surface area contributed by atoms with Gasteiger partial charge in [-0.3, -0.25) is 71.9 Å². The molecule has 35 nitrogen and oxygen atoms in total. The lowest BCUT2D eigenvalue weighted by Gasteiger charge is -2.37. The smallest absolute Gasteiger partial charge is 0.305 e. The number of aromatic amines is 1. The molecule has 2 aromatic rings. The summed E-state index contributed by atoms with van der Waals surface area (Å²) in [6.07, 6.45) is 11.5. The number of fused-ring (bicyclic) bond motifs is 3. The third-order valence-electron chi connectivity index (χ3n) is 18.7. The zero-order valence-electron chi connectivity index (χ0n) is 60.2. The molecule has 1 aromatic heterocycles. The molecule has 0 bridgehead atoms. The van der Waals surface area contributed by atoms with Crippen LogP contribution in [-0.4, -0.2) is 238 Å². The molecule has 3 aliphatic rings. The number of benzene rings is 1. The number of hydrogen-bond acceptors (Lipinski definition) is 18. The average molecular weight is 1500 g/mol. The van der Waals surface area contributed by atoms with Gasteiger partial charge in [0.1, 0.15) is 54.4 Å². The van der Waals surface area contributed by atoms with Crippen LogP contribution in [0.5, 0.6) is 0 Å². The summed E-state index contributed by atoms with van der Waals surface area (Å²) in [6.45, 7) is 2.47. The number of aromatic nitrogens is 1. The summed E-state index contributed by atoms with van der Waals surface area (Å²) in [4.78, 5) is 210. The largest absolute Gasteiger partial charge is 0.481 e. The van der Waals surface area contributed by atoms with Crippen LogP contribution < -0.4 is 57.9 Å². The molecule has 11 atom stereocenters. The number of aliphatic hydroxyl groups is 1. The van der Waals surface area contributed by atoms with E-state index in [-0.39, 0.29) is 63.8 Å². The van der Waals surface area contributed by atoms with Crippen molar-refractivity contribution in [2.24, 2.45) is 5.92 Å². The van der Waals surface area contributed by atoms with Gasteiger partial charge < -0.3 is 88.4 Å². The van der Waals surface area contributed by atoms with Crippen LogP contribution in [0.25, 0.3) is 10.9 Å². The van der Waals surface area contributed by atoms with E-state index < -0.39 is 211 Å². The Bertz CT molecular complexity index is 3480. The number of carbonyl (C=O) groups is 15. The SMILES string of the molecule is CCCCCCCCCCCCCCCCS(=O)(=O)N[C@@H](Cc1c[nH]c2ccccc12)C(=O)N[C@@H](CC(=O)O)C(=O)NC1CNC(=O)C2CCCN2C(=O)C(C(C)CC)NC(=O)C(C(C)O)NC(=O)CNC(=O)C(CC(=O)O)NC(=O)CNC(=O)C(CC(=O)O)NC(=O)CNC(=O)C2CCCCN2C1=O. The van der Waals surface area contributed by atoms with E-state index in [1.54, 1.807) is 44.3 Å². The first-order chi connectivity index (χ1) is 49.9. The Hall–Kier alpha value is -9.32. The standard InChI is InChI=1S/C69H106N14O21S/c1-5-7-8-9-10-11-12-13-14-15-16-17-18-23-31-105(103,104)81-49(32-43-36-70-45-26-20-19-25-44(43)45)64(97)77-48(35-58(92)93)63(96)78-50-37-71-65(98)52-28-24-30-83(52)69(102)59(41(3)6-2)80-67(100)60(42(4)84)79-55(87)40-73-62(95)47(34-57(90)91)75-53(85)38-72-61(94)46(33-56(88)89)76-54(86)39-74-66(99)51-27-21-22-29-82(51)68(50)101/h19-20,25-26,36,41-42,46-52,59-60,70,81,84H,5-18,21-24,27-35,37-40H2,1-4H3,(H,71,98)(H,72,94)(H,73,95)(H,74,99)(H,75,85)(H,76,86)(H,77,97)(H,78,96)(H,79,87)(H,80,100)(H,88,89)(H,90,91)(H,92,93)/t41?,42?,46?,47?,48-,49-,50?,51?,52?,59?,60?/m0/s1. The molecular weight excluding hydrogens is 1390 g/mol. The lowest BCUT2D eigenvalue weighted by molar-refractivity contribution is -0.146. The molecular formula is C69H106N14O21S. The van der Waals surface area contributed by atoms with Gasteiger partial charge in [-0.05, 0) is 69.4 Å². The maximum Gasteiger partial charge on any atom is 0.305 e. The molecule has 12 amide bonds. The van der Waals surface area contributed by atoms with E-state index in [9.17, 15) is 96.0 Å². The van der Waals surface area contributed by atoms with Crippen molar-refractivity contribution in [2.45, 2.75) is 242 Å². The summed E-state index contributed by atoms with van der Waals surface area (Å²) in [5.41, 5.74) is 1.13. The van der Waals surface area contributed by atoms with Gasteiger partial charge in [-0.25, -0.2) is 13.1 Å². The Labute approximate surface area is 609 Å². The summed E-state index contributed by atoms with van der Waals surface area (Å²) in [5, 5.41) is 63.7. The van der Waals surface area contributed by atoms with E-state index in [2.05, 4.69) is 69.8 Å². The van der Waals surface area contributed by atoms with Crippen molar-refractivity contribution in [3.8, 4) is 0 Å². The number of piperidine rings is 1. The van der Waals surface area contributed by atoms with E-state index in [1.165, 1.54) is 44.9 Å². The first kappa shape index (κ1) is 86.3. The number of nitrogens with one attached hydrogen (secondary N) is 12. The van der Waals surface area contributed by atoms with Gasteiger partial charge in [-0.1, -0.05) is 129 Å². The minimum Gasteiger partial charge on any atom is -0.481 e. The fraction of sp³-hybridized carbons (Fsp3) is 0.667. The number of aliphatic carboxylic acids is 3. The summed E-state index contributed by atoms with van der Waals surface area (Å²) >= 11 is 0. The highest BCUT2D eigenvalue weighted by Gasteiger charge is 2.43. The molecule has 36 heteroatoms. The van der Waals surface area contributed by atoms with E-state index in [0.29, 0.717) is 29.3 Å². The van der Waals surface area contributed by atoms with Gasteiger partial charge in [-0.15, -0.1) is 0 Å². The molecule has 16 N–H and O–H groups in total. The molecule has 584 valence electrons. The van der Waals surface area contributed by atoms with E-state index in [4.69, 9.17) is 0 Å². The molecule has 3 aliphatic heterocycles. The van der Waals surface area contributed by atoms with Crippen molar-refractivity contribution >= 4 is 110 Å². The topological polar surface area (TPSA) is 526 Å². The third-order valence-corrected chi connectivity index (χ3v) is 20.2. The molecule has 0 aliphatic carbocycles. The zero-order valence-corrected chi connectivity index (χ0v) is 61.0. The first-order valence-corrected chi connectivity index (χ1v) is 38.0. The zero-order chi connectivity index (χ0) is 77.3. The van der Waals surface area contributed by atoms with Crippen LogP contribution in [0.1, 0.15) is 181 Å². The fourth-order valence-electron chi connectivity index (χ4n) is 12.8. The second kappa shape index (κ2) is 43.8. The maximum atomic E-state index is 15.2. The predicted octanol–water partition coefficient (Wildman–Crippen LogP) is -0.910. The second-order valence-electron chi connectivity index (χ2n) is 27.1. The van der Waals surface area contributed by atoms with E-state index in [1.807, 2.05) is 0 Å². The summed E-state index contributed by atoms with van der Waals surface area (Å²) < 4.78 is 30.3. The number of unbranched alkanes of at least 4 members (excludes halogenated alkanes) is 13. The lowest BCUT2D eigenvalue weighted by atomic mass is 9.96. The van der Waals surface area contributed by atoms with Gasteiger partial charge in [0, 0.05) is 36.7 Å². The number of carbonyl (C=O) groups excluding carboxylic acids is 12. The lowest BCUT2D eigenvalue weighted by Crippen LogP contribution is -2.63. The summed E-state index contributed by atoms with van der Waals surface area (Å²) in [5.74, 6) is -19.4. The highest BCUT2D eigenvalue weighted by Crippen LogP contribution is 2.25. The van der Waals surface area contributed by atoms with Crippen molar-refractivity contribution in [2.75, 3.05) is 45.0 Å². The highest BCUT2D eigenvalue weighted by atomic mass is 32.2. The minimum atomic E-state index is -4.25. The maximum absolute atomic E-state index is 15.2. The Balaban J connectivity index is 1.46. The van der Waals surface area contributed by atoms with Crippen LogP contribution in [0.4, 0.5) is 0 Å². The van der Waals surface area contributed by atoms with Crippen molar-refractivity contribution in [3.63, 3.8) is 0 Å². The molecule has 4 heterocycles. The number of para-hydroxylation sites is 1. The van der Waals surface area contributed by atoms with Gasteiger partial charge in [0.05, 0.1) is 50.8 Å². The van der Waals surface area contributed by atoms with Crippen LogP contribution in [0.15, 0.2) is 30.5 Å². The fourth-order valence-corrected chi connectivity index (χ4v) is 14.1. The Morgan fingerprint density at radius 2 is 1.07 bits per heavy atom. The number of rotatable bonds is 32. The van der Waals surface area contributed by atoms with Crippen LogP contribution in [0, 0.1) is 5.92 Å². The van der Waals surface area contributed by atoms with Crippen LogP contribution in [0.2, 0.25) is 0 Å². The van der Waals surface area contributed by atoms with E-state index >= 15 is 4.79 Å². The summed E-state index contributed by atoms with van der Waals surface area (Å²) in [7, 11) is -4.25. The normalized spacial score (nSPS) is 22.5. The van der Waals surface area contributed by atoms with Gasteiger partial charge >= 0.3 is 17.9 Å². The quantitative estimate of drug-likeness (QED) is 0.0394. The van der Waals surface area contributed by atoms with Gasteiger partial charge in [0.15, 0.2) is 0 Å². The predicted molar refractivity (Wildman–Crippen MR) is 379 cm³/mol. The van der Waals surface area contributed by atoms with Crippen molar-refractivity contribution in [3.05, 3.63) is 36.0 Å². The molecule has 1 aromatic carbocycles. The molecule has 105 heavy (non-hydrogen) atoms. The Kier molecular flexibility index (Phi) is 36.0. The van der Waals surface area contributed by atoms with Gasteiger partial charge in [0.25, 0.3) is 0 Å². The van der Waals surface area contributed by atoms with Crippen LogP contribution in [-0.2, 0) is 88.4 Å². The van der Waals surface area contributed by atoms with Crippen molar-refractivity contribution in [1.82, 2.24) is 72.7 Å². The molecule has 3 saturated heterocycles.